The highest BCUT2D eigenvalue weighted by Gasteiger charge is 2.19. The zero-order valence-corrected chi connectivity index (χ0v) is 34.6. The summed E-state index contributed by atoms with van der Waals surface area (Å²) in [5.74, 6) is -0.0612. The first-order valence-corrected chi connectivity index (χ1v) is 22.4. The molecule has 0 spiro atoms. The molecule has 1 atom stereocenters. The van der Waals surface area contributed by atoms with Crippen LogP contribution in [0.25, 0.3) is 0 Å². The summed E-state index contributed by atoms with van der Waals surface area (Å²) in [6.07, 6.45) is 38.3. The van der Waals surface area contributed by atoms with Gasteiger partial charge in [-0.05, 0) is 25.2 Å². The average molecular weight is 723 g/mol. The van der Waals surface area contributed by atoms with Crippen LogP contribution in [0.15, 0.2) is 0 Å². The highest BCUT2D eigenvalue weighted by atomic mass is 16.6. The SMILES string of the molecule is CCCCCCCCCCCCCCCCCCC(=O)O[C@@H](COC(=O)CCCCCCC)COC(=O)CCCCCCCCCCCC(C)C. The molecule has 0 aliphatic heterocycles. The van der Waals surface area contributed by atoms with Crippen LogP contribution in [0.3, 0.4) is 0 Å². The number of unbranched alkanes of at least 4 members (excludes halogenated alkanes) is 27. The van der Waals surface area contributed by atoms with E-state index in [1.54, 1.807) is 0 Å². The van der Waals surface area contributed by atoms with Crippen LogP contribution in [0.1, 0.15) is 246 Å². The highest BCUT2D eigenvalue weighted by Crippen LogP contribution is 2.16. The molecule has 0 aliphatic carbocycles. The van der Waals surface area contributed by atoms with Gasteiger partial charge in [-0.2, -0.15) is 0 Å². The molecule has 0 saturated heterocycles. The van der Waals surface area contributed by atoms with Crippen LogP contribution in [0.4, 0.5) is 0 Å². The summed E-state index contributed by atoms with van der Waals surface area (Å²) < 4.78 is 16.6. The van der Waals surface area contributed by atoms with Gasteiger partial charge in [0.15, 0.2) is 6.10 Å². The molecule has 0 aromatic rings. The van der Waals surface area contributed by atoms with Gasteiger partial charge in [-0.1, -0.05) is 207 Å². The smallest absolute Gasteiger partial charge is 0.306 e. The van der Waals surface area contributed by atoms with Crippen molar-refractivity contribution in [3.05, 3.63) is 0 Å². The van der Waals surface area contributed by atoms with Crippen molar-refractivity contribution in [2.75, 3.05) is 13.2 Å². The van der Waals surface area contributed by atoms with Gasteiger partial charge in [0.05, 0.1) is 0 Å². The number of hydrogen-bond acceptors (Lipinski definition) is 6. The third-order valence-corrected chi connectivity index (χ3v) is 10.0. The molecule has 0 unspecified atom stereocenters. The van der Waals surface area contributed by atoms with Gasteiger partial charge < -0.3 is 14.2 Å². The molecule has 0 rings (SSSR count). The molecule has 0 bridgehead atoms. The Morgan fingerprint density at radius 2 is 0.647 bits per heavy atom. The molecule has 0 fully saturated rings. The van der Waals surface area contributed by atoms with Gasteiger partial charge in [0, 0.05) is 19.3 Å². The van der Waals surface area contributed by atoms with Crippen LogP contribution in [0.2, 0.25) is 0 Å². The van der Waals surface area contributed by atoms with Gasteiger partial charge in [-0.3, -0.25) is 14.4 Å². The minimum atomic E-state index is -0.757. The number of carbonyl (C=O) groups is 3. The summed E-state index contributed by atoms with van der Waals surface area (Å²) in [5.41, 5.74) is 0. The quantitative estimate of drug-likeness (QED) is 0.0356. The second-order valence-corrected chi connectivity index (χ2v) is 15.8. The fourth-order valence-corrected chi connectivity index (χ4v) is 6.63. The molecule has 0 heterocycles. The number of ether oxygens (including phenoxy) is 3. The van der Waals surface area contributed by atoms with Crippen LogP contribution in [-0.2, 0) is 28.6 Å². The number of hydrogen-bond donors (Lipinski definition) is 0. The fourth-order valence-electron chi connectivity index (χ4n) is 6.63. The lowest BCUT2D eigenvalue weighted by Gasteiger charge is -2.18. The van der Waals surface area contributed by atoms with Crippen molar-refractivity contribution in [3.63, 3.8) is 0 Å². The first kappa shape index (κ1) is 49.4. The molecule has 0 aromatic carbocycles. The monoisotopic (exact) mass is 723 g/mol. The van der Waals surface area contributed by atoms with E-state index in [-0.39, 0.29) is 31.1 Å². The van der Waals surface area contributed by atoms with Crippen LogP contribution in [-0.4, -0.2) is 37.2 Å². The minimum absolute atomic E-state index is 0.0654. The third kappa shape index (κ3) is 39.5. The molecule has 0 N–H and O–H groups in total. The number of rotatable bonds is 40. The molecular formula is C45H86O6. The van der Waals surface area contributed by atoms with Crippen molar-refractivity contribution in [2.45, 2.75) is 252 Å². The van der Waals surface area contributed by atoms with E-state index < -0.39 is 6.10 Å². The predicted molar refractivity (Wildman–Crippen MR) is 215 cm³/mol. The summed E-state index contributed by atoms with van der Waals surface area (Å²) in [6.45, 7) is 8.90. The van der Waals surface area contributed by atoms with E-state index in [4.69, 9.17) is 14.2 Å². The first-order chi connectivity index (χ1) is 24.9. The maximum absolute atomic E-state index is 12.7. The Balaban J connectivity index is 4.18. The van der Waals surface area contributed by atoms with Gasteiger partial charge in [0.25, 0.3) is 0 Å². The van der Waals surface area contributed by atoms with E-state index >= 15 is 0 Å². The van der Waals surface area contributed by atoms with E-state index in [1.807, 2.05) is 0 Å². The number of carbonyl (C=O) groups excluding carboxylic acids is 3. The Morgan fingerprint density at radius 3 is 0.961 bits per heavy atom. The first-order valence-electron chi connectivity index (χ1n) is 22.4. The minimum Gasteiger partial charge on any atom is -0.462 e. The highest BCUT2D eigenvalue weighted by molar-refractivity contribution is 5.71. The molecule has 6 heteroatoms. The Bertz CT molecular complexity index is 766. The maximum Gasteiger partial charge on any atom is 0.306 e. The van der Waals surface area contributed by atoms with Crippen LogP contribution in [0.5, 0.6) is 0 Å². The maximum atomic E-state index is 12.7. The molecule has 302 valence electrons. The predicted octanol–water partition coefficient (Wildman–Crippen LogP) is 13.9. The topological polar surface area (TPSA) is 78.9 Å². The number of esters is 3. The lowest BCUT2D eigenvalue weighted by atomic mass is 10.0. The summed E-state index contributed by atoms with van der Waals surface area (Å²) in [7, 11) is 0. The van der Waals surface area contributed by atoms with E-state index in [0.717, 1.165) is 70.1 Å². The van der Waals surface area contributed by atoms with Gasteiger partial charge in [-0.25, -0.2) is 0 Å². The van der Waals surface area contributed by atoms with Gasteiger partial charge >= 0.3 is 17.9 Å². The largest absolute Gasteiger partial charge is 0.462 e. The van der Waals surface area contributed by atoms with Crippen molar-refractivity contribution >= 4 is 17.9 Å². The average Bonchev–Trinajstić information content (AvgIpc) is 3.11. The van der Waals surface area contributed by atoms with E-state index in [1.165, 1.54) is 135 Å². The van der Waals surface area contributed by atoms with Gasteiger partial charge in [-0.15, -0.1) is 0 Å². The summed E-state index contributed by atoms with van der Waals surface area (Å²) >= 11 is 0. The molecule has 51 heavy (non-hydrogen) atoms. The lowest BCUT2D eigenvalue weighted by molar-refractivity contribution is -0.167. The van der Waals surface area contributed by atoms with Crippen LogP contribution in [0, 0.1) is 5.92 Å². The van der Waals surface area contributed by atoms with Crippen molar-refractivity contribution in [1.82, 2.24) is 0 Å². The lowest BCUT2D eigenvalue weighted by Crippen LogP contribution is -2.30. The Labute approximate surface area is 317 Å². The second-order valence-electron chi connectivity index (χ2n) is 15.8. The van der Waals surface area contributed by atoms with Crippen molar-refractivity contribution in [2.24, 2.45) is 5.92 Å². The second kappa shape index (κ2) is 39.6. The summed E-state index contributed by atoms with van der Waals surface area (Å²) in [6, 6.07) is 0. The normalized spacial score (nSPS) is 11.9. The van der Waals surface area contributed by atoms with Gasteiger partial charge in [0.1, 0.15) is 13.2 Å². The molecule has 0 aromatic heterocycles. The van der Waals surface area contributed by atoms with Crippen molar-refractivity contribution in [1.29, 1.82) is 0 Å². The standard InChI is InChI=1S/C45H86O6/c1-5-7-9-11-12-13-14-15-16-17-18-19-22-26-30-34-38-45(48)51-42(39-49-43(46)36-32-27-10-8-6-2)40-50-44(47)37-33-29-25-23-20-21-24-28-31-35-41(3)4/h41-42H,5-40H2,1-4H3/t42-/m0/s1. The van der Waals surface area contributed by atoms with Crippen LogP contribution >= 0.6 is 0 Å². The van der Waals surface area contributed by atoms with E-state index in [2.05, 4.69) is 27.7 Å². The molecule has 0 saturated carbocycles. The van der Waals surface area contributed by atoms with E-state index in [0.29, 0.717) is 19.3 Å². The molecule has 6 nitrogen and oxygen atoms in total. The molecule has 0 radical (unpaired) electrons. The molecular weight excluding hydrogens is 636 g/mol. The Hall–Kier alpha value is -1.59. The summed E-state index contributed by atoms with van der Waals surface area (Å²) in [5, 5.41) is 0. The van der Waals surface area contributed by atoms with Crippen molar-refractivity contribution < 1.29 is 28.6 Å². The van der Waals surface area contributed by atoms with Crippen LogP contribution < -0.4 is 0 Å². The zero-order valence-electron chi connectivity index (χ0n) is 34.6. The summed E-state index contributed by atoms with van der Waals surface area (Å²) in [4.78, 5) is 37.4. The Kier molecular flexibility index (Phi) is 38.4. The third-order valence-electron chi connectivity index (χ3n) is 10.0. The molecule has 0 amide bonds. The fraction of sp³-hybridized carbons (Fsp3) is 0.933. The molecule has 0 aliphatic rings. The zero-order chi connectivity index (χ0) is 37.5. The van der Waals surface area contributed by atoms with Crippen molar-refractivity contribution in [3.8, 4) is 0 Å². The van der Waals surface area contributed by atoms with E-state index in [9.17, 15) is 14.4 Å². The van der Waals surface area contributed by atoms with Gasteiger partial charge in [0.2, 0.25) is 0 Å². The Morgan fingerprint density at radius 1 is 0.373 bits per heavy atom.